The maximum absolute atomic E-state index is 13.4. The SMILES string of the molecule is O=C(NCc1ccc(N2CCCC2)cc1)c1cc(-c2cccnc2)nc2c1cnn2Cc1ccco1. The standard InChI is InChI=1S/C28H26N6O2/c35-28(30-16-20-7-9-22(10-8-20)33-12-1-2-13-33)24-15-26(21-5-3-11-29-17-21)32-27-25(24)18-31-34(27)19-23-6-4-14-36-23/h3-11,14-15,17-18H,1-2,12-13,16,19H2,(H,30,35). The molecule has 1 saturated heterocycles. The summed E-state index contributed by atoms with van der Waals surface area (Å²) in [6.07, 6.45) is 9.27. The molecule has 1 N–H and O–H groups in total. The topological polar surface area (TPSA) is 89.1 Å². The van der Waals surface area contributed by atoms with E-state index < -0.39 is 0 Å². The number of amides is 1. The van der Waals surface area contributed by atoms with E-state index in [-0.39, 0.29) is 5.91 Å². The number of aromatic nitrogens is 4. The van der Waals surface area contributed by atoms with Crippen LogP contribution in [0.2, 0.25) is 0 Å². The lowest BCUT2D eigenvalue weighted by Crippen LogP contribution is -2.23. The van der Waals surface area contributed by atoms with Gasteiger partial charge in [0, 0.05) is 43.3 Å². The van der Waals surface area contributed by atoms with E-state index in [0.29, 0.717) is 35.4 Å². The second kappa shape index (κ2) is 9.65. The van der Waals surface area contributed by atoms with Gasteiger partial charge in [-0.25, -0.2) is 9.67 Å². The summed E-state index contributed by atoms with van der Waals surface area (Å²) < 4.78 is 7.25. The highest BCUT2D eigenvalue weighted by atomic mass is 16.3. The lowest BCUT2D eigenvalue weighted by Gasteiger charge is -2.17. The maximum Gasteiger partial charge on any atom is 0.252 e. The highest BCUT2D eigenvalue weighted by Gasteiger charge is 2.18. The molecule has 0 bridgehead atoms. The van der Waals surface area contributed by atoms with Gasteiger partial charge in [-0.3, -0.25) is 9.78 Å². The Kier molecular flexibility index (Phi) is 5.91. The molecule has 1 aliphatic rings. The van der Waals surface area contributed by atoms with Gasteiger partial charge in [0.2, 0.25) is 0 Å². The fraction of sp³-hybridized carbons (Fsp3) is 0.214. The number of furan rings is 1. The molecule has 0 aliphatic carbocycles. The van der Waals surface area contributed by atoms with Gasteiger partial charge < -0.3 is 14.6 Å². The average molecular weight is 479 g/mol. The van der Waals surface area contributed by atoms with E-state index in [1.54, 1.807) is 29.5 Å². The molecule has 1 amide bonds. The van der Waals surface area contributed by atoms with Crippen molar-refractivity contribution in [1.82, 2.24) is 25.1 Å². The number of fused-ring (bicyclic) bond motifs is 1. The number of nitrogens with one attached hydrogen (secondary N) is 1. The van der Waals surface area contributed by atoms with Crippen LogP contribution >= 0.6 is 0 Å². The van der Waals surface area contributed by atoms with Crippen LogP contribution in [0.5, 0.6) is 0 Å². The van der Waals surface area contributed by atoms with Gasteiger partial charge in [-0.1, -0.05) is 12.1 Å². The highest BCUT2D eigenvalue weighted by molar-refractivity contribution is 6.06. The highest BCUT2D eigenvalue weighted by Crippen LogP contribution is 2.25. The van der Waals surface area contributed by atoms with E-state index in [1.807, 2.05) is 30.3 Å². The van der Waals surface area contributed by atoms with Crippen LogP contribution in [0.3, 0.4) is 0 Å². The first kappa shape index (κ1) is 22.0. The van der Waals surface area contributed by atoms with Crippen molar-refractivity contribution in [1.29, 1.82) is 0 Å². The van der Waals surface area contributed by atoms with E-state index in [1.165, 1.54) is 18.5 Å². The van der Waals surface area contributed by atoms with Crippen LogP contribution < -0.4 is 10.2 Å². The molecule has 180 valence electrons. The third kappa shape index (κ3) is 4.45. The van der Waals surface area contributed by atoms with Crippen LogP contribution in [-0.2, 0) is 13.1 Å². The van der Waals surface area contributed by atoms with Crippen LogP contribution in [0, 0.1) is 0 Å². The fourth-order valence-electron chi connectivity index (χ4n) is 4.64. The van der Waals surface area contributed by atoms with E-state index in [4.69, 9.17) is 9.40 Å². The zero-order valence-electron chi connectivity index (χ0n) is 19.8. The molecule has 8 heteroatoms. The molecular formula is C28H26N6O2. The number of hydrogen-bond donors (Lipinski definition) is 1. The minimum absolute atomic E-state index is 0.172. The third-order valence-corrected chi connectivity index (χ3v) is 6.56. The molecular weight excluding hydrogens is 452 g/mol. The summed E-state index contributed by atoms with van der Waals surface area (Å²) in [5.74, 6) is 0.589. The van der Waals surface area contributed by atoms with Crippen LogP contribution in [0.15, 0.2) is 83.9 Å². The van der Waals surface area contributed by atoms with Gasteiger partial charge in [-0.05, 0) is 60.9 Å². The summed E-state index contributed by atoms with van der Waals surface area (Å²) in [5, 5.41) is 8.28. The predicted octanol–water partition coefficient (Wildman–Crippen LogP) is 4.66. The van der Waals surface area contributed by atoms with Crippen molar-refractivity contribution in [3.8, 4) is 11.3 Å². The van der Waals surface area contributed by atoms with Crippen LogP contribution in [0.1, 0.15) is 34.5 Å². The summed E-state index contributed by atoms with van der Waals surface area (Å²) in [5.41, 5.74) is 4.93. The second-order valence-corrected chi connectivity index (χ2v) is 8.96. The molecule has 0 unspecified atom stereocenters. The van der Waals surface area contributed by atoms with Gasteiger partial charge in [0.25, 0.3) is 5.91 Å². The van der Waals surface area contributed by atoms with Gasteiger partial charge in [-0.15, -0.1) is 0 Å². The normalized spacial score (nSPS) is 13.4. The molecule has 5 heterocycles. The average Bonchev–Trinajstić information content (AvgIpc) is 3.71. The first-order chi connectivity index (χ1) is 17.7. The van der Waals surface area contributed by atoms with Crippen LogP contribution in [0.4, 0.5) is 5.69 Å². The molecule has 5 aromatic rings. The molecule has 0 atom stereocenters. The van der Waals surface area contributed by atoms with Crippen molar-refractivity contribution in [3.05, 3.63) is 96.3 Å². The van der Waals surface area contributed by atoms with E-state index in [0.717, 1.165) is 30.0 Å². The Bertz CT molecular complexity index is 1470. The third-order valence-electron chi connectivity index (χ3n) is 6.56. The van der Waals surface area contributed by atoms with E-state index in [9.17, 15) is 4.79 Å². The number of benzene rings is 1. The van der Waals surface area contributed by atoms with Crippen LogP contribution in [0.25, 0.3) is 22.3 Å². The van der Waals surface area contributed by atoms with Crippen molar-refractivity contribution in [2.75, 3.05) is 18.0 Å². The summed E-state index contributed by atoms with van der Waals surface area (Å²) in [4.78, 5) is 24.8. The first-order valence-corrected chi connectivity index (χ1v) is 12.2. The Labute approximate surface area is 208 Å². The lowest BCUT2D eigenvalue weighted by atomic mass is 10.1. The largest absolute Gasteiger partial charge is 0.467 e. The van der Waals surface area contributed by atoms with Gasteiger partial charge in [0.15, 0.2) is 5.65 Å². The van der Waals surface area contributed by atoms with Gasteiger partial charge in [0.05, 0.1) is 29.1 Å². The number of carbonyl (C=O) groups excluding carboxylic acids is 1. The number of anilines is 1. The summed E-state index contributed by atoms with van der Waals surface area (Å²) >= 11 is 0. The Morgan fingerprint density at radius 2 is 1.89 bits per heavy atom. The zero-order chi connectivity index (χ0) is 24.3. The quantitative estimate of drug-likeness (QED) is 0.366. The Morgan fingerprint density at radius 1 is 1.03 bits per heavy atom. The maximum atomic E-state index is 13.4. The van der Waals surface area contributed by atoms with Crippen molar-refractivity contribution < 1.29 is 9.21 Å². The fourth-order valence-corrected chi connectivity index (χ4v) is 4.64. The smallest absolute Gasteiger partial charge is 0.252 e. The molecule has 0 spiro atoms. The van der Waals surface area contributed by atoms with E-state index in [2.05, 4.69) is 44.6 Å². The van der Waals surface area contributed by atoms with Crippen LogP contribution in [-0.4, -0.2) is 38.7 Å². The van der Waals surface area contributed by atoms with Gasteiger partial charge in [-0.2, -0.15) is 5.10 Å². The Hall–Kier alpha value is -4.46. The Balaban J connectivity index is 1.28. The molecule has 0 saturated carbocycles. The van der Waals surface area contributed by atoms with E-state index >= 15 is 0 Å². The zero-order valence-corrected chi connectivity index (χ0v) is 19.8. The van der Waals surface area contributed by atoms with Crippen molar-refractivity contribution in [3.63, 3.8) is 0 Å². The molecule has 36 heavy (non-hydrogen) atoms. The molecule has 4 aromatic heterocycles. The summed E-state index contributed by atoms with van der Waals surface area (Å²) in [7, 11) is 0. The molecule has 1 fully saturated rings. The first-order valence-electron chi connectivity index (χ1n) is 12.2. The summed E-state index contributed by atoms with van der Waals surface area (Å²) in [6, 6.07) is 17.8. The molecule has 6 rings (SSSR count). The second-order valence-electron chi connectivity index (χ2n) is 8.96. The van der Waals surface area contributed by atoms with Crippen molar-refractivity contribution in [2.24, 2.45) is 0 Å². The van der Waals surface area contributed by atoms with Crippen molar-refractivity contribution >= 4 is 22.6 Å². The number of hydrogen-bond acceptors (Lipinski definition) is 6. The number of pyridine rings is 2. The molecule has 0 radical (unpaired) electrons. The Morgan fingerprint density at radius 3 is 2.64 bits per heavy atom. The molecule has 8 nitrogen and oxygen atoms in total. The number of rotatable bonds is 7. The lowest BCUT2D eigenvalue weighted by molar-refractivity contribution is 0.0952. The minimum Gasteiger partial charge on any atom is -0.467 e. The summed E-state index contributed by atoms with van der Waals surface area (Å²) in [6.45, 7) is 3.08. The predicted molar refractivity (Wildman–Crippen MR) is 138 cm³/mol. The number of nitrogens with zero attached hydrogens (tertiary/aromatic N) is 5. The molecule has 1 aliphatic heterocycles. The monoisotopic (exact) mass is 478 g/mol. The number of carbonyl (C=O) groups is 1. The van der Waals surface area contributed by atoms with Gasteiger partial charge in [0.1, 0.15) is 12.3 Å². The van der Waals surface area contributed by atoms with Gasteiger partial charge >= 0.3 is 0 Å². The molecule has 1 aromatic carbocycles. The minimum atomic E-state index is -0.172. The van der Waals surface area contributed by atoms with Crippen molar-refractivity contribution in [2.45, 2.75) is 25.9 Å².